The summed E-state index contributed by atoms with van der Waals surface area (Å²) in [5.41, 5.74) is 1.54. The Morgan fingerprint density at radius 1 is 0.536 bits per heavy atom. The van der Waals surface area contributed by atoms with Crippen LogP contribution in [0.3, 0.4) is 0 Å². The van der Waals surface area contributed by atoms with Gasteiger partial charge in [0.15, 0.2) is 11.9 Å². The van der Waals surface area contributed by atoms with E-state index in [2.05, 4.69) is 42.8 Å². The first-order chi connectivity index (χ1) is 13.9. The van der Waals surface area contributed by atoms with E-state index in [0.29, 0.717) is 0 Å². The van der Waals surface area contributed by atoms with Gasteiger partial charge in [0.05, 0.1) is 0 Å². The summed E-state index contributed by atoms with van der Waals surface area (Å²) in [7, 11) is 0. The van der Waals surface area contributed by atoms with E-state index in [4.69, 9.17) is 0 Å². The summed E-state index contributed by atoms with van der Waals surface area (Å²) >= 11 is 0. The normalized spacial score (nSPS) is 11.2. The minimum Gasteiger partial charge on any atom is -0.202 e. The molecule has 1 aromatic rings. The largest absolute Gasteiger partial charge is 0.202 e. The zero-order valence-electron chi connectivity index (χ0n) is 19.4. The van der Waals surface area contributed by atoms with E-state index in [1.54, 1.807) is 0 Å². The van der Waals surface area contributed by atoms with Crippen molar-refractivity contribution in [1.82, 2.24) is 0 Å². The Bertz CT molecular complexity index is 440. The zero-order chi connectivity index (χ0) is 20.1. The third-order valence-corrected chi connectivity index (χ3v) is 6.07. The molecule has 1 rings (SSSR count). The smallest absolute Gasteiger partial charge is 0.181 e. The number of aryl methyl sites for hydroxylation is 2. The molecule has 0 amide bonds. The summed E-state index contributed by atoms with van der Waals surface area (Å²) in [5, 5.41) is 0. The third kappa shape index (κ3) is 14.2. The molecular formula is C27H50N+. The molecular weight excluding hydrogens is 338 g/mol. The van der Waals surface area contributed by atoms with Crippen molar-refractivity contribution in [3.05, 3.63) is 30.1 Å². The van der Waals surface area contributed by atoms with Crippen molar-refractivity contribution in [2.24, 2.45) is 0 Å². The molecule has 0 aliphatic heterocycles. The van der Waals surface area contributed by atoms with Crippen molar-refractivity contribution in [2.45, 2.75) is 142 Å². The Balaban J connectivity index is 1.98. The highest BCUT2D eigenvalue weighted by Gasteiger charge is 2.08. The first-order valence-electron chi connectivity index (χ1n) is 12.9. The molecule has 0 aliphatic carbocycles. The molecule has 1 nitrogen and oxygen atoms in total. The number of unbranched alkanes of at least 4 members (excludes halogenated alkanes) is 16. The molecule has 162 valence electrons. The minimum atomic E-state index is 1.21. The Hall–Kier alpha value is -0.850. The molecule has 1 heteroatoms. The number of pyridine rings is 1. The van der Waals surface area contributed by atoms with Crippen molar-refractivity contribution in [3.63, 3.8) is 0 Å². The maximum atomic E-state index is 2.51. The van der Waals surface area contributed by atoms with E-state index < -0.39 is 0 Å². The van der Waals surface area contributed by atoms with E-state index >= 15 is 0 Å². The highest BCUT2D eigenvalue weighted by molar-refractivity contribution is 4.97. The van der Waals surface area contributed by atoms with Gasteiger partial charge in [0.25, 0.3) is 0 Å². The van der Waals surface area contributed by atoms with Gasteiger partial charge in [-0.3, -0.25) is 0 Å². The standard InChI is InChI=1S/C27H50N/c1-3-5-7-9-10-11-12-13-14-15-16-18-21-25-28-26-22-20-24-27(28)23-19-17-8-6-4-2/h20,22,24,26H,3-19,21,23,25H2,1-2H3/q+1. The van der Waals surface area contributed by atoms with Crippen molar-refractivity contribution < 1.29 is 4.57 Å². The average Bonchev–Trinajstić information content (AvgIpc) is 2.72. The molecule has 0 spiro atoms. The van der Waals surface area contributed by atoms with Gasteiger partial charge in [0, 0.05) is 25.0 Å². The minimum absolute atomic E-state index is 1.21. The SMILES string of the molecule is CCCCCCCCCCCCCCC[n+]1ccccc1CCCCCCC. The summed E-state index contributed by atoms with van der Waals surface area (Å²) in [4.78, 5) is 0. The molecule has 0 aromatic carbocycles. The van der Waals surface area contributed by atoms with Gasteiger partial charge in [-0.05, 0) is 12.8 Å². The zero-order valence-corrected chi connectivity index (χ0v) is 19.4. The van der Waals surface area contributed by atoms with Crippen LogP contribution in [0.5, 0.6) is 0 Å². The van der Waals surface area contributed by atoms with E-state index in [1.165, 1.54) is 134 Å². The van der Waals surface area contributed by atoms with Crippen LogP contribution in [-0.2, 0) is 13.0 Å². The molecule has 0 N–H and O–H groups in total. The van der Waals surface area contributed by atoms with Crippen molar-refractivity contribution in [1.29, 1.82) is 0 Å². The lowest BCUT2D eigenvalue weighted by Gasteiger charge is -2.05. The monoisotopic (exact) mass is 388 g/mol. The number of nitrogens with zero attached hydrogens (tertiary/aromatic N) is 1. The van der Waals surface area contributed by atoms with Crippen LogP contribution < -0.4 is 4.57 Å². The predicted octanol–water partition coefficient (Wildman–Crippen LogP) is 8.58. The van der Waals surface area contributed by atoms with Crippen molar-refractivity contribution in [3.8, 4) is 0 Å². The van der Waals surface area contributed by atoms with E-state index in [9.17, 15) is 0 Å². The van der Waals surface area contributed by atoms with Crippen LogP contribution in [0.15, 0.2) is 24.4 Å². The van der Waals surface area contributed by atoms with Gasteiger partial charge in [0.1, 0.15) is 6.54 Å². The van der Waals surface area contributed by atoms with Crippen LogP contribution in [-0.4, -0.2) is 0 Å². The maximum Gasteiger partial charge on any atom is 0.181 e. The van der Waals surface area contributed by atoms with E-state index in [1.807, 2.05) is 0 Å². The van der Waals surface area contributed by atoms with Gasteiger partial charge in [-0.1, -0.05) is 116 Å². The first-order valence-corrected chi connectivity index (χ1v) is 12.9. The third-order valence-electron chi connectivity index (χ3n) is 6.07. The maximum absolute atomic E-state index is 2.51. The Morgan fingerprint density at radius 2 is 1.00 bits per heavy atom. The lowest BCUT2D eigenvalue weighted by atomic mass is 10.0. The summed E-state index contributed by atoms with van der Waals surface area (Å²) in [6.45, 7) is 5.80. The Kier molecular flexibility index (Phi) is 17.5. The van der Waals surface area contributed by atoms with Crippen molar-refractivity contribution >= 4 is 0 Å². The summed E-state index contributed by atoms with van der Waals surface area (Å²) in [5.74, 6) is 0. The fourth-order valence-electron chi connectivity index (χ4n) is 4.17. The highest BCUT2D eigenvalue weighted by atomic mass is 14.9. The topological polar surface area (TPSA) is 3.88 Å². The molecule has 0 saturated heterocycles. The number of hydrogen-bond acceptors (Lipinski definition) is 0. The van der Waals surface area contributed by atoms with Crippen LogP contribution in [0.25, 0.3) is 0 Å². The molecule has 28 heavy (non-hydrogen) atoms. The Labute approximate surface area is 177 Å². The molecule has 0 saturated carbocycles. The van der Waals surface area contributed by atoms with Crippen LogP contribution in [0.1, 0.15) is 135 Å². The van der Waals surface area contributed by atoms with E-state index in [-0.39, 0.29) is 0 Å². The van der Waals surface area contributed by atoms with Crippen LogP contribution in [0, 0.1) is 0 Å². The molecule has 0 atom stereocenters. The van der Waals surface area contributed by atoms with E-state index in [0.717, 1.165) is 0 Å². The van der Waals surface area contributed by atoms with Crippen LogP contribution in [0.2, 0.25) is 0 Å². The summed E-state index contributed by atoms with van der Waals surface area (Å²) in [6.07, 6.45) is 29.1. The van der Waals surface area contributed by atoms with Gasteiger partial charge in [-0.25, -0.2) is 4.57 Å². The molecule has 0 radical (unpaired) electrons. The predicted molar refractivity (Wildman–Crippen MR) is 125 cm³/mol. The summed E-state index contributed by atoms with van der Waals surface area (Å²) in [6, 6.07) is 6.74. The average molecular weight is 389 g/mol. The fraction of sp³-hybridized carbons (Fsp3) is 0.815. The second-order valence-corrected chi connectivity index (χ2v) is 8.79. The molecule has 0 fully saturated rings. The molecule has 1 heterocycles. The number of hydrogen-bond donors (Lipinski definition) is 0. The molecule has 0 aliphatic rings. The lowest BCUT2D eigenvalue weighted by molar-refractivity contribution is -0.704. The Morgan fingerprint density at radius 3 is 1.54 bits per heavy atom. The van der Waals surface area contributed by atoms with Crippen LogP contribution in [0.4, 0.5) is 0 Å². The van der Waals surface area contributed by atoms with Gasteiger partial charge in [-0.15, -0.1) is 0 Å². The quantitative estimate of drug-likeness (QED) is 0.155. The second kappa shape index (κ2) is 19.5. The first kappa shape index (κ1) is 25.2. The molecule has 1 aromatic heterocycles. The fourth-order valence-corrected chi connectivity index (χ4v) is 4.17. The van der Waals surface area contributed by atoms with Gasteiger partial charge < -0.3 is 0 Å². The second-order valence-electron chi connectivity index (χ2n) is 8.79. The van der Waals surface area contributed by atoms with Gasteiger partial charge >= 0.3 is 0 Å². The highest BCUT2D eigenvalue weighted by Crippen LogP contribution is 2.12. The van der Waals surface area contributed by atoms with Gasteiger partial charge in [-0.2, -0.15) is 0 Å². The lowest BCUT2D eigenvalue weighted by Crippen LogP contribution is -2.37. The summed E-state index contributed by atoms with van der Waals surface area (Å²) < 4.78 is 2.51. The van der Waals surface area contributed by atoms with Crippen LogP contribution >= 0.6 is 0 Å². The number of rotatable bonds is 20. The van der Waals surface area contributed by atoms with Crippen molar-refractivity contribution in [2.75, 3.05) is 0 Å². The molecule has 0 bridgehead atoms. The van der Waals surface area contributed by atoms with Gasteiger partial charge in [0.2, 0.25) is 0 Å². The number of aromatic nitrogens is 1. The molecule has 0 unspecified atom stereocenters.